The summed E-state index contributed by atoms with van der Waals surface area (Å²) in [6.45, 7) is 5.09. The van der Waals surface area contributed by atoms with Crippen molar-refractivity contribution in [3.8, 4) is 0 Å². The third kappa shape index (κ3) is 8.69. The molecule has 0 saturated carbocycles. The predicted molar refractivity (Wildman–Crippen MR) is 70.8 cm³/mol. The number of Topliss-reactive ketones (excluding diaryl/α,β-unsaturated/α-hetero) is 1. The molecule has 6 nitrogen and oxygen atoms in total. The van der Waals surface area contributed by atoms with Crippen LogP contribution in [0.15, 0.2) is 0 Å². The van der Waals surface area contributed by atoms with E-state index >= 15 is 0 Å². The van der Waals surface area contributed by atoms with E-state index in [1.165, 1.54) is 0 Å². The molecule has 0 aromatic heterocycles. The van der Waals surface area contributed by atoms with Crippen molar-refractivity contribution < 1.29 is 24.9 Å². The zero-order chi connectivity index (χ0) is 15.1. The standard InChI is InChI=1S/C13H25NO5/c1-13(2,3)14-11(12(18)19)5-4-10(17)6-9(7-15)8-16/h9,11,14-16H,4-8H2,1-3H3,(H,18,19). The summed E-state index contributed by atoms with van der Waals surface area (Å²) in [6.07, 6.45) is 0.403. The number of ketones is 1. The van der Waals surface area contributed by atoms with Crippen LogP contribution in [0, 0.1) is 5.92 Å². The van der Waals surface area contributed by atoms with Crippen LogP contribution in [0.4, 0.5) is 0 Å². The molecule has 0 saturated heterocycles. The number of hydrogen-bond acceptors (Lipinski definition) is 5. The van der Waals surface area contributed by atoms with Crippen molar-refractivity contribution in [3.63, 3.8) is 0 Å². The number of nitrogens with one attached hydrogen (secondary N) is 1. The molecule has 0 radical (unpaired) electrons. The zero-order valence-corrected chi connectivity index (χ0v) is 11.8. The summed E-state index contributed by atoms with van der Waals surface area (Å²) in [6, 6.07) is -0.773. The summed E-state index contributed by atoms with van der Waals surface area (Å²) >= 11 is 0. The lowest BCUT2D eigenvalue weighted by atomic mass is 9.98. The van der Waals surface area contributed by atoms with E-state index in [0.29, 0.717) is 0 Å². The normalized spacial score (nSPS) is 13.6. The van der Waals surface area contributed by atoms with Crippen molar-refractivity contribution >= 4 is 11.8 Å². The minimum Gasteiger partial charge on any atom is -0.480 e. The van der Waals surface area contributed by atoms with Gasteiger partial charge in [0.15, 0.2) is 0 Å². The third-order valence-corrected chi connectivity index (χ3v) is 2.65. The Balaban J connectivity index is 4.25. The molecule has 0 aliphatic carbocycles. The highest BCUT2D eigenvalue weighted by Crippen LogP contribution is 2.10. The first kappa shape index (κ1) is 18.0. The SMILES string of the molecule is CC(C)(C)NC(CCC(=O)CC(CO)CO)C(=O)O. The lowest BCUT2D eigenvalue weighted by Crippen LogP contribution is -2.47. The fourth-order valence-electron chi connectivity index (χ4n) is 1.70. The summed E-state index contributed by atoms with van der Waals surface area (Å²) in [5.74, 6) is -1.58. The van der Waals surface area contributed by atoms with Crippen molar-refractivity contribution in [3.05, 3.63) is 0 Å². The van der Waals surface area contributed by atoms with Crippen LogP contribution in [0.2, 0.25) is 0 Å². The van der Waals surface area contributed by atoms with Gasteiger partial charge in [-0.2, -0.15) is 0 Å². The van der Waals surface area contributed by atoms with Gasteiger partial charge in [-0.25, -0.2) is 0 Å². The first-order valence-corrected chi connectivity index (χ1v) is 6.43. The predicted octanol–water partition coefficient (Wildman–Crippen LogP) is 0.168. The van der Waals surface area contributed by atoms with Gasteiger partial charge in [-0.15, -0.1) is 0 Å². The molecule has 0 aliphatic heterocycles. The molecule has 112 valence electrons. The molecule has 1 unspecified atom stereocenters. The van der Waals surface area contributed by atoms with Gasteiger partial charge in [-0.1, -0.05) is 0 Å². The molecule has 0 heterocycles. The molecule has 6 heteroatoms. The summed E-state index contributed by atoms with van der Waals surface area (Å²) < 4.78 is 0. The van der Waals surface area contributed by atoms with Gasteiger partial charge in [0, 0.05) is 37.5 Å². The van der Waals surface area contributed by atoms with Crippen LogP contribution in [-0.4, -0.2) is 51.9 Å². The molecule has 4 N–H and O–H groups in total. The average molecular weight is 275 g/mol. The molecule has 1 atom stereocenters. The lowest BCUT2D eigenvalue weighted by molar-refractivity contribution is -0.140. The average Bonchev–Trinajstić information content (AvgIpc) is 2.29. The van der Waals surface area contributed by atoms with E-state index in [1.54, 1.807) is 0 Å². The van der Waals surface area contributed by atoms with E-state index in [4.69, 9.17) is 15.3 Å². The third-order valence-electron chi connectivity index (χ3n) is 2.65. The van der Waals surface area contributed by atoms with Gasteiger partial charge < -0.3 is 15.3 Å². The Hall–Kier alpha value is -0.980. The summed E-state index contributed by atoms with van der Waals surface area (Å²) in [5.41, 5.74) is -0.342. The fraction of sp³-hybridized carbons (Fsp3) is 0.846. The van der Waals surface area contributed by atoms with Gasteiger partial charge in [0.2, 0.25) is 0 Å². The largest absolute Gasteiger partial charge is 0.480 e. The summed E-state index contributed by atoms with van der Waals surface area (Å²) in [7, 11) is 0. The van der Waals surface area contributed by atoms with Crippen LogP contribution in [0.25, 0.3) is 0 Å². The second kappa shape index (κ2) is 8.24. The van der Waals surface area contributed by atoms with Crippen LogP contribution in [0.5, 0.6) is 0 Å². The molecule has 0 bridgehead atoms. The van der Waals surface area contributed by atoms with E-state index in [2.05, 4.69) is 5.32 Å². The summed E-state index contributed by atoms with van der Waals surface area (Å²) in [4.78, 5) is 22.7. The van der Waals surface area contributed by atoms with Crippen molar-refractivity contribution in [2.45, 2.75) is 51.6 Å². The zero-order valence-electron chi connectivity index (χ0n) is 11.8. The molecule has 19 heavy (non-hydrogen) atoms. The van der Waals surface area contributed by atoms with Crippen LogP contribution >= 0.6 is 0 Å². The van der Waals surface area contributed by atoms with Crippen molar-refractivity contribution in [1.29, 1.82) is 0 Å². The first-order valence-electron chi connectivity index (χ1n) is 6.43. The Kier molecular flexibility index (Phi) is 7.82. The number of carbonyl (C=O) groups excluding carboxylic acids is 1. The van der Waals surface area contributed by atoms with Crippen molar-refractivity contribution in [2.24, 2.45) is 5.92 Å². The molecule has 0 fully saturated rings. The molecule has 0 aromatic rings. The van der Waals surface area contributed by atoms with E-state index in [-0.39, 0.29) is 43.8 Å². The number of carbonyl (C=O) groups is 2. The van der Waals surface area contributed by atoms with Gasteiger partial charge in [0.05, 0.1) is 0 Å². The van der Waals surface area contributed by atoms with Crippen molar-refractivity contribution in [2.75, 3.05) is 13.2 Å². The highest BCUT2D eigenvalue weighted by Gasteiger charge is 2.24. The van der Waals surface area contributed by atoms with Gasteiger partial charge in [0.25, 0.3) is 0 Å². The number of hydrogen-bond donors (Lipinski definition) is 4. The highest BCUT2D eigenvalue weighted by atomic mass is 16.4. The Labute approximate surface area is 113 Å². The maximum atomic E-state index is 11.6. The number of rotatable bonds is 9. The van der Waals surface area contributed by atoms with E-state index in [9.17, 15) is 9.59 Å². The topological polar surface area (TPSA) is 107 Å². The van der Waals surface area contributed by atoms with Crippen LogP contribution in [0.3, 0.4) is 0 Å². The highest BCUT2D eigenvalue weighted by molar-refractivity contribution is 5.80. The van der Waals surface area contributed by atoms with E-state index < -0.39 is 17.9 Å². The number of aliphatic carboxylic acids is 1. The minimum atomic E-state index is -0.983. The van der Waals surface area contributed by atoms with Crippen molar-refractivity contribution in [1.82, 2.24) is 5.32 Å². The van der Waals surface area contributed by atoms with Gasteiger partial charge in [-0.05, 0) is 27.2 Å². The Bertz CT molecular complexity index is 294. The van der Waals surface area contributed by atoms with Gasteiger partial charge in [0.1, 0.15) is 11.8 Å². The molecular weight excluding hydrogens is 250 g/mol. The smallest absolute Gasteiger partial charge is 0.320 e. The number of aliphatic hydroxyl groups is 2. The van der Waals surface area contributed by atoms with Gasteiger partial charge in [-0.3, -0.25) is 14.9 Å². The molecule has 0 aromatic carbocycles. The second-order valence-corrected chi connectivity index (χ2v) is 5.80. The first-order chi connectivity index (χ1) is 8.69. The fourth-order valence-corrected chi connectivity index (χ4v) is 1.70. The maximum absolute atomic E-state index is 11.6. The Morgan fingerprint density at radius 3 is 2.05 bits per heavy atom. The van der Waals surface area contributed by atoms with E-state index in [0.717, 1.165) is 0 Å². The number of carboxylic acid groups (broad SMARTS) is 1. The van der Waals surface area contributed by atoms with Gasteiger partial charge >= 0.3 is 5.97 Å². The number of aliphatic hydroxyl groups excluding tert-OH is 2. The Morgan fingerprint density at radius 2 is 1.68 bits per heavy atom. The molecule has 0 aliphatic rings. The van der Waals surface area contributed by atoms with Crippen LogP contribution in [-0.2, 0) is 9.59 Å². The summed E-state index contributed by atoms with van der Waals surface area (Å²) in [5, 5.41) is 29.8. The molecular formula is C13H25NO5. The van der Waals surface area contributed by atoms with E-state index in [1.807, 2.05) is 20.8 Å². The second-order valence-electron chi connectivity index (χ2n) is 5.80. The molecule has 0 amide bonds. The molecule has 0 spiro atoms. The molecule has 0 rings (SSSR count). The maximum Gasteiger partial charge on any atom is 0.320 e. The monoisotopic (exact) mass is 275 g/mol. The lowest BCUT2D eigenvalue weighted by Gasteiger charge is -2.25. The Morgan fingerprint density at radius 1 is 1.16 bits per heavy atom. The number of carboxylic acids is 1. The van der Waals surface area contributed by atoms with Crippen LogP contribution < -0.4 is 5.32 Å². The van der Waals surface area contributed by atoms with Crippen LogP contribution in [0.1, 0.15) is 40.0 Å². The minimum absolute atomic E-state index is 0.0782. The quantitative estimate of drug-likeness (QED) is 0.478.